The van der Waals surface area contributed by atoms with E-state index < -0.39 is 10.4 Å². The van der Waals surface area contributed by atoms with Crippen LogP contribution >= 0.6 is 0 Å². The molecule has 1 aliphatic rings. The van der Waals surface area contributed by atoms with Crippen LogP contribution < -0.4 is 8.37 Å². The molecule has 0 spiro atoms. The maximum Gasteiger partial charge on any atom is 0.501 e. The van der Waals surface area contributed by atoms with E-state index in [9.17, 15) is 8.42 Å². The maximum absolute atomic E-state index is 11.2. The molecule has 0 radical (unpaired) electrons. The van der Waals surface area contributed by atoms with Crippen molar-refractivity contribution in [3.63, 3.8) is 0 Å². The molecule has 2 bridgehead atoms. The molecule has 4 nitrogen and oxygen atoms in total. The van der Waals surface area contributed by atoms with Gasteiger partial charge in [0.2, 0.25) is 0 Å². The van der Waals surface area contributed by atoms with Gasteiger partial charge in [-0.25, -0.2) is 0 Å². The van der Waals surface area contributed by atoms with Crippen LogP contribution in [0.4, 0.5) is 0 Å². The molecular weight excluding hydrogens is 204 g/mol. The van der Waals surface area contributed by atoms with Crippen LogP contribution in [-0.4, -0.2) is 8.42 Å². The third kappa shape index (κ3) is 1.24. The first-order valence-electron chi connectivity index (χ1n) is 4.15. The van der Waals surface area contributed by atoms with E-state index in [2.05, 4.69) is 0 Å². The van der Waals surface area contributed by atoms with E-state index in [0.29, 0.717) is 11.5 Å². The largest absolute Gasteiger partial charge is 0.501 e. The van der Waals surface area contributed by atoms with E-state index in [1.54, 1.807) is 20.8 Å². The van der Waals surface area contributed by atoms with E-state index in [4.69, 9.17) is 8.37 Å². The maximum atomic E-state index is 11.2. The summed E-state index contributed by atoms with van der Waals surface area (Å²) in [6.45, 7) is 5.39. The van der Waals surface area contributed by atoms with Gasteiger partial charge in [0.05, 0.1) is 0 Å². The summed E-state index contributed by atoms with van der Waals surface area (Å²) in [7, 11) is -3.90. The van der Waals surface area contributed by atoms with Crippen LogP contribution in [0.2, 0.25) is 0 Å². The second kappa shape index (κ2) is 2.63. The van der Waals surface area contributed by atoms with Gasteiger partial charge < -0.3 is 8.37 Å². The highest BCUT2D eigenvalue weighted by molar-refractivity contribution is 7.82. The van der Waals surface area contributed by atoms with Crippen molar-refractivity contribution < 1.29 is 16.8 Å². The lowest BCUT2D eigenvalue weighted by atomic mass is 10.1. The van der Waals surface area contributed by atoms with Gasteiger partial charge in [0.15, 0.2) is 11.5 Å². The fourth-order valence-corrected chi connectivity index (χ4v) is 2.58. The molecule has 1 aromatic carbocycles. The summed E-state index contributed by atoms with van der Waals surface area (Å²) in [5.74, 6) is 0.772. The molecule has 0 fully saturated rings. The lowest BCUT2D eigenvalue weighted by molar-refractivity contribution is 0.371. The molecule has 5 heteroatoms. The normalized spacial score (nSPS) is 17.1. The summed E-state index contributed by atoms with van der Waals surface area (Å²) in [6, 6.07) is 1.84. The second-order valence-electron chi connectivity index (χ2n) is 3.37. The molecule has 76 valence electrons. The molecule has 2 rings (SSSR count). The van der Waals surface area contributed by atoms with E-state index in [-0.39, 0.29) is 0 Å². The van der Waals surface area contributed by atoms with Crippen LogP contribution in [0.25, 0.3) is 0 Å². The summed E-state index contributed by atoms with van der Waals surface area (Å²) in [6.07, 6.45) is 0. The fourth-order valence-electron chi connectivity index (χ4n) is 1.63. The molecule has 1 aliphatic heterocycles. The minimum absolute atomic E-state index is 0.386. The van der Waals surface area contributed by atoms with Gasteiger partial charge in [-0.15, -0.1) is 8.42 Å². The Morgan fingerprint density at radius 2 is 1.43 bits per heavy atom. The Bertz CT molecular complexity index is 466. The number of rotatable bonds is 0. The molecule has 0 atom stereocenters. The highest BCUT2D eigenvalue weighted by atomic mass is 32.3. The van der Waals surface area contributed by atoms with Crippen molar-refractivity contribution in [1.82, 2.24) is 0 Å². The van der Waals surface area contributed by atoms with Crippen LogP contribution in [0.1, 0.15) is 16.7 Å². The Morgan fingerprint density at radius 3 is 1.86 bits per heavy atom. The van der Waals surface area contributed by atoms with Crippen molar-refractivity contribution in [3.8, 4) is 11.5 Å². The van der Waals surface area contributed by atoms with E-state index >= 15 is 0 Å². The first-order valence-corrected chi connectivity index (χ1v) is 5.49. The van der Waals surface area contributed by atoms with Crippen molar-refractivity contribution >= 4 is 10.4 Å². The van der Waals surface area contributed by atoms with E-state index in [1.807, 2.05) is 6.07 Å². The zero-order valence-electron chi connectivity index (χ0n) is 8.12. The summed E-state index contributed by atoms with van der Waals surface area (Å²) < 4.78 is 31.8. The average molecular weight is 214 g/mol. The van der Waals surface area contributed by atoms with Crippen LogP contribution in [0.15, 0.2) is 6.07 Å². The minimum Gasteiger partial charge on any atom is -0.352 e. The van der Waals surface area contributed by atoms with Crippen molar-refractivity contribution in [3.05, 3.63) is 22.8 Å². The van der Waals surface area contributed by atoms with Gasteiger partial charge in [0.1, 0.15) is 0 Å². The predicted octanol–water partition coefficient (Wildman–Crippen LogP) is 1.63. The van der Waals surface area contributed by atoms with Gasteiger partial charge in [0.25, 0.3) is 0 Å². The lowest BCUT2D eigenvalue weighted by Gasteiger charge is -2.21. The highest BCUT2D eigenvalue weighted by Gasteiger charge is 2.28. The Hall–Kier alpha value is -1.23. The number of hydrogen-bond donors (Lipinski definition) is 0. The second-order valence-corrected chi connectivity index (χ2v) is 4.52. The molecule has 0 saturated heterocycles. The van der Waals surface area contributed by atoms with Gasteiger partial charge in [-0.1, -0.05) is 0 Å². The summed E-state index contributed by atoms with van der Waals surface area (Å²) in [4.78, 5) is 0. The Labute approximate surface area is 82.8 Å². The van der Waals surface area contributed by atoms with Gasteiger partial charge in [-0.3, -0.25) is 0 Å². The lowest BCUT2D eigenvalue weighted by Crippen LogP contribution is -2.23. The van der Waals surface area contributed by atoms with Gasteiger partial charge in [-0.05, 0) is 38.0 Å². The highest BCUT2D eigenvalue weighted by Crippen LogP contribution is 2.39. The molecule has 0 saturated carbocycles. The Balaban J connectivity index is 2.78. The number of hydrogen-bond acceptors (Lipinski definition) is 4. The van der Waals surface area contributed by atoms with Crippen LogP contribution in [0.3, 0.4) is 0 Å². The van der Waals surface area contributed by atoms with E-state index in [0.717, 1.165) is 16.7 Å². The number of fused-ring (bicyclic) bond motifs is 2. The predicted molar refractivity (Wildman–Crippen MR) is 50.8 cm³/mol. The van der Waals surface area contributed by atoms with Crippen molar-refractivity contribution in [2.24, 2.45) is 0 Å². The molecule has 0 N–H and O–H groups in total. The SMILES string of the molecule is Cc1cc(C)c2c(C)c1OS(=O)(=O)O2. The van der Waals surface area contributed by atoms with Crippen LogP contribution in [0, 0.1) is 20.8 Å². The zero-order chi connectivity index (χ0) is 10.5. The minimum atomic E-state index is -3.90. The molecule has 0 unspecified atom stereocenters. The monoisotopic (exact) mass is 214 g/mol. The summed E-state index contributed by atoms with van der Waals surface area (Å²) in [5.41, 5.74) is 2.34. The van der Waals surface area contributed by atoms with Crippen molar-refractivity contribution in [2.75, 3.05) is 0 Å². The molecule has 1 aromatic rings. The molecular formula is C9H10O4S. The summed E-state index contributed by atoms with van der Waals surface area (Å²) in [5, 5.41) is 0. The van der Waals surface area contributed by atoms with Gasteiger partial charge in [-0.2, -0.15) is 0 Å². The molecule has 0 amide bonds. The molecule has 0 aromatic heterocycles. The van der Waals surface area contributed by atoms with Crippen LogP contribution in [-0.2, 0) is 10.4 Å². The smallest absolute Gasteiger partial charge is 0.352 e. The molecule has 1 heterocycles. The third-order valence-corrected chi connectivity index (χ3v) is 2.94. The molecule has 14 heavy (non-hydrogen) atoms. The van der Waals surface area contributed by atoms with Gasteiger partial charge in [0, 0.05) is 5.56 Å². The number of benzene rings is 1. The van der Waals surface area contributed by atoms with Crippen molar-refractivity contribution in [2.45, 2.75) is 20.8 Å². The Kier molecular flexibility index (Phi) is 1.75. The average Bonchev–Trinajstić information content (AvgIpc) is 2.05. The Morgan fingerprint density at radius 1 is 1.00 bits per heavy atom. The van der Waals surface area contributed by atoms with Gasteiger partial charge >= 0.3 is 10.4 Å². The first-order chi connectivity index (χ1) is 6.41. The zero-order valence-corrected chi connectivity index (χ0v) is 8.94. The molecule has 0 aliphatic carbocycles. The third-order valence-electron chi connectivity index (χ3n) is 2.20. The van der Waals surface area contributed by atoms with E-state index in [1.165, 1.54) is 0 Å². The number of aryl methyl sites for hydroxylation is 2. The summed E-state index contributed by atoms with van der Waals surface area (Å²) >= 11 is 0. The quantitative estimate of drug-likeness (QED) is 0.658. The topological polar surface area (TPSA) is 52.6 Å². The standard InChI is InChI=1S/C9H10O4S/c1-5-4-6(2)9-7(3)8(5)12-14(10,11)13-9/h4H,1-3H3. The van der Waals surface area contributed by atoms with Crippen LogP contribution in [0.5, 0.6) is 11.5 Å². The fraction of sp³-hybridized carbons (Fsp3) is 0.333. The van der Waals surface area contributed by atoms with Crippen molar-refractivity contribution in [1.29, 1.82) is 0 Å². The first kappa shape index (κ1) is 9.33.